The average Bonchev–Trinajstić information content (AvgIpc) is 2.30. The van der Waals surface area contributed by atoms with E-state index >= 15 is 0 Å². The number of nitrogens with zero attached hydrogens (tertiary/aromatic N) is 2. The van der Waals surface area contributed by atoms with Gasteiger partial charge in [0.25, 0.3) is 0 Å². The number of hydrogen-bond acceptors (Lipinski definition) is 1. The van der Waals surface area contributed by atoms with E-state index in [9.17, 15) is 0 Å². The summed E-state index contributed by atoms with van der Waals surface area (Å²) < 4.78 is 0. The van der Waals surface area contributed by atoms with Crippen LogP contribution in [0.4, 0.5) is 0 Å². The molecule has 0 bridgehead atoms. The van der Waals surface area contributed by atoms with E-state index in [0.29, 0.717) is 5.92 Å². The van der Waals surface area contributed by atoms with E-state index < -0.39 is 0 Å². The molecule has 56 valence electrons. The van der Waals surface area contributed by atoms with Crippen LogP contribution in [0.3, 0.4) is 0 Å². The maximum atomic E-state index is 4.19. The summed E-state index contributed by atoms with van der Waals surface area (Å²) in [6.07, 6.45) is 3.06. The van der Waals surface area contributed by atoms with Crippen LogP contribution < -0.4 is 0 Å². The van der Waals surface area contributed by atoms with Crippen molar-refractivity contribution in [3.8, 4) is 0 Å². The molecule has 0 amide bonds. The molecule has 1 fully saturated rings. The highest BCUT2D eigenvalue weighted by atomic mass is 15.2. The number of hydrogen-bond donors (Lipinski definition) is 0. The third-order valence-electron chi connectivity index (χ3n) is 1.99. The minimum Gasteiger partial charge on any atom is -0.337 e. The zero-order valence-corrected chi connectivity index (χ0v) is 6.67. The Morgan fingerprint density at radius 2 is 2.50 bits per heavy atom. The first kappa shape index (κ1) is 7.32. The van der Waals surface area contributed by atoms with E-state index in [1.807, 2.05) is 13.2 Å². The summed E-state index contributed by atoms with van der Waals surface area (Å²) in [5, 5.41) is 0. The largest absolute Gasteiger partial charge is 0.337 e. The quantitative estimate of drug-likeness (QED) is 0.536. The third-order valence-corrected chi connectivity index (χ3v) is 1.99. The summed E-state index contributed by atoms with van der Waals surface area (Å²) in [5.41, 5.74) is 0. The van der Waals surface area contributed by atoms with Gasteiger partial charge < -0.3 is 4.90 Å². The first-order valence-corrected chi connectivity index (χ1v) is 3.65. The molecule has 2 heteroatoms. The Morgan fingerprint density at radius 1 is 1.80 bits per heavy atom. The van der Waals surface area contributed by atoms with Crippen molar-refractivity contribution in [2.45, 2.75) is 13.3 Å². The fraction of sp³-hybridized carbons (Fsp3) is 0.625. The van der Waals surface area contributed by atoms with E-state index in [1.54, 1.807) is 0 Å². The van der Waals surface area contributed by atoms with Gasteiger partial charge in [0.1, 0.15) is 5.84 Å². The number of rotatable bonds is 1. The van der Waals surface area contributed by atoms with Crippen LogP contribution >= 0.6 is 0 Å². The minimum atomic E-state index is 0.614. The van der Waals surface area contributed by atoms with Crippen LogP contribution in [0.5, 0.6) is 0 Å². The lowest BCUT2D eigenvalue weighted by Gasteiger charge is -2.12. The van der Waals surface area contributed by atoms with Crippen LogP contribution in [0.1, 0.15) is 13.3 Å². The van der Waals surface area contributed by atoms with E-state index in [-0.39, 0.29) is 0 Å². The third kappa shape index (κ3) is 1.06. The van der Waals surface area contributed by atoms with Gasteiger partial charge in [0.05, 0.1) is 0 Å². The van der Waals surface area contributed by atoms with Gasteiger partial charge >= 0.3 is 0 Å². The van der Waals surface area contributed by atoms with Crippen molar-refractivity contribution < 1.29 is 0 Å². The molecular formula is C8H14N2. The fourth-order valence-electron chi connectivity index (χ4n) is 1.39. The van der Waals surface area contributed by atoms with Crippen molar-refractivity contribution in [1.82, 2.24) is 4.90 Å². The summed E-state index contributed by atoms with van der Waals surface area (Å²) in [6.45, 7) is 7.00. The zero-order valence-electron chi connectivity index (χ0n) is 6.67. The second-order valence-corrected chi connectivity index (χ2v) is 2.65. The molecule has 1 heterocycles. The Kier molecular flexibility index (Phi) is 2.10. The Morgan fingerprint density at radius 3 is 2.90 bits per heavy atom. The highest BCUT2D eigenvalue weighted by molar-refractivity contribution is 5.86. The second kappa shape index (κ2) is 2.86. The van der Waals surface area contributed by atoms with Gasteiger partial charge in [-0.2, -0.15) is 0 Å². The summed E-state index contributed by atoms with van der Waals surface area (Å²) in [4.78, 5) is 6.31. The van der Waals surface area contributed by atoms with Crippen molar-refractivity contribution in [2.24, 2.45) is 10.9 Å². The molecule has 0 aromatic heterocycles. The van der Waals surface area contributed by atoms with Crippen molar-refractivity contribution >= 4 is 5.84 Å². The molecular weight excluding hydrogens is 124 g/mol. The lowest BCUT2D eigenvalue weighted by molar-refractivity contribution is 0.599. The molecule has 1 saturated heterocycles. The number of amidine groups is 1. The van der Waals surface area contributed by atoms with Crippen molar-refractivity contribution in [1.29, 1.82) is 0 Å². The van der Waals surface area contributed by atoms with Gasteiger partial charge in [-0.1, -0.05) is 13.5 Å². The van der Waals surface area contributed by atoms with Crippen LogP contribution in [0.15, 0.2) is 17.8 Å². The smallest absolute Gasteiger partial charge is 0.105 e. The highest BCUT2D eigenvalue weighted by Crippen LogP contribution is 2.17. The molecule has 10 heavy (non-hydrogen) atoms. The molecule has 2 nitrogen and oxygen atoms in total. The molecule has 0 N–H and O–H groups in total. The molecule has 0 saturated carbocycles. The lowest BCUT2D eigenvalue weighted by Crippen LogP contribution is -2.20. The molecule has 0 aromatic rings. The second-order valence-electron chi connectivity index (χ2n) is 2.65. The van der Waals surface area contributed by atoms with Gasteiger partial charge in [0, 0.05) is 19.5 Å². The standard InChI is InChI=1S/C8H14N2/c1-4-10-6-5-7(2)8(10)9-3/h4,7H,1,5-6H2,2-3H3/t7-/m0/s1. The fourth-order valence-corrected chi connectivity index (χ4v) is 1.39. The molecule has 1 aliphatic rings. The van der Waals surface area contributed by atoms with E-state index in [0.717, 1.165) is 6.54 Å². The van der Waals surface area contributed by atoms with E-state index in [4.69, 9.17) is 0 Å². The average molecular weight is 138 g/mol. The molecule has 0 unspecified atom stereocenters. The first-order valence-electron chi connectivity index (χ1n) is 3.65. The van der Waals surface area contributed by atoms with Gasteiger partial charge in [-0.3, -0.25) is 4.99 Å². The monoisotopic (exact) mass is 138 g/mol. The van der Waals surface area contributed by atoms with Crippen molar-refractivity contribution in [3.05, 3.63) is 12.8 Å². The Balaban J connectivity index is 2.72. The predicted molar refractivity (Wildman–Crippen MR) is 44.0 cm³/mol. The van der Waals surface area contributed by atoms with Crippen LogP contribution in [0.25, 0.3) is 0 Å². The van der Waals surface area contributed by atoms with Crippen LogP contribution in [-0.2, 0) is 0 Å². The topological polar surface area (TPSA) is 15.6 Å². The summed E-state index contributed by atoms with van der Waals surface area (Å²) >= 11 is 0. The van der Waals surface area contributed by atoms with Gasteiger partial charge in [-0.05, 0) is 12.6 Å². The number of likely N-dealkylation sites (tertiary alicyclic amines) is 1. The Bertz CT molecular complexity index is 161. The van der Waals surface area contributed by atoms with Crippen LogP contribution in [-0.4, -0.2) is 24.3 Å². The van der Waals surface area contributed by atoms with Gasteiger partial charge in [-0.25, -0.2) is 0 Å². The van der Waals surface area contributed by atoms with Crippen molar-refractivity contribution in [2.75, 3.05) is 13.6 Å². The van der Waals surface area contributed by atoms with Gasteiger partial charge in [0.2, 0.25) is 0 Å². The molecule has 0 aromatic carbocycles. The van der Waals surface area contributed by atoms with E-state index in [1.165, 1.54) is 12.3 Å². The molecule has 0 spiro atoms. The summed E-state index contributed by atoms with van der Waals surface area (Å²) in [5.74, 6) is 1.79. The molecule has 1 rings (SSSR count). The van der Waals surface area contributed by atoms with Gasteiger partial charge in [-0.15, -0.1) is 0 Å². The molecule has 1 atom stereocenters. The van der Waals surface area contributed by atoms with Crippen LogP contribution in [0.2, 0.25) is 0 Å². The molecule has 0 radical (unpaired) electrons. The Labute approximate surface area is 62.3 Å². The normalized spacial score (nSPS) is 29.6. The first-order chi connectivity index (χ1) is 4.79. The van der Waals surface area contributed by atoms with Crippen LogP contribution in [0, 0.1) is 5.92 Å². The SMILES string of the molecule is C=CN1CC[C@H](C)C1=NC. The van der Waals surface area contributed by atoms with E-state index in [2.05, 4.69) is 23.4 Å². The molecule has 0 aliphatic carbocycles. The predicted octanol–water partition coefficient (Wildman–Crippen LogP) is 1.50. The Hall–Kier alpha value is -0.790. The van der Waals surface area contributed by atoms with Gasteiger partial charge in [0.15, 0.2) is 0 Å². The zero-order chi connectivity index (χ0) is 7.56. The van der Waals surface area contributed by atoms with Crippen molar-refractivity contribution in [3.63, 3.8) is 0 Å². The maximum absolute atomic E-state index is 4.19. The maximum Gasteiger partial charge on any atom is 0.105 e. The lowest BCUT2D eigenvalue weighted by atomic mass is 10.1. The summed E-state index contributed by atoms with van der Waals surface area (Å²) in [6, 6.07) is 0. The highest BCUT2D eigenvalue weighted by Gasteiger charge is 2.22. The summed E-state index contributed by atoms with van der Waals surface area (Å²) in [7, 11) is 1.84. The molecule has 1 aliphatic heterocycles. The minimum absolute atomic E-state index is 0.614. The number of aliphatic imine (C=N–C) groups is 1.